The average molecular weight is 427 g/mol. The fourth-order valence-corrected chi connectivity index (χ4v) is 3.29. The summed E-state index contributed by atoms with van der Waals surface area (Å²) >= 11 is 0. The van der Waals surface area contributed by atoms with Crippen LogP contribution in [0.5, 0.6) is 11.5 Å². The van der Waals surface area contributed by atoms with E-state index >= 15 is 0 Å². The van der Waals surface area contributed by atoms with Crippen molar-refractivity contribution in [3.05, 3.63) is 78.2 Å². The molecule has 0 aliphatic carbocycles. The second-order valence-electron chi connectivity index (χ2n) is 6.94. The number of amides is 2. The normalized spacial score (nSPS) is 12.2. The molecule has 9 heteroatoms. The molecule has 4 aromatic rings. The Kier molecular flexibility index (Phi) is 5.04. The van der Waals surface area contributed by atoms with Gasteiger partial charge in [-0.15, -0.1) is 0 Å². The van der Waals surface area contributed by atoms with Gasteiger partial charge in [0.05, 0.1) is 16.8 Å². The number of para-hydroxylation sites is 1. The first kappa shape index (κ1) is 19.4. The van der Waals surface area contributed by atoms with Gasteiger partial charge in [-0.25, -0.2) is 9.97 Å². The van der Waals surface area contributed by atoms with Crippen LogP contribution in [0.2, 0.25) is 0 Å². The van der Waals surface area contributed by atoms with Gasteiger partial charge in [0.25, 0.3) is 11.8 Å². The summed E-state index contributed by atoms with van der Waals surface area (Å²) in [5.74, 6) is 0.419. The lowest BCUT2D eigenvalue weighted by molar-refractivity contribution is 0.102. The second-order valence-corrected chi connectivity index (χ2v) is 6.94. The number of hydrogen-bond donors (Lipinski definition) is 2. The van der Waals surface area contributed by atoms with E-state index < -0.39 is 5.91 Å². The van der Waals surface area contributed by atoms with Crippen LogP contribution in [0.4, 0.5) is 11.4 Å². The van der Waals surface area contributed by atoms with E-state index in [4.69, 9.17) is 9.47 Å². The second kappa shape index (κ2) is 8.31. The maximum absolute atomic E-state index is 12.9. The first-order chi connectivity index (χ1) is 15.7. The van der Waals surface area contributed by atoms with E-state index in [1.54, 1.807) is 48.5 Å². The number of hydrogen-bond acceptors (Lipinski definition) is 7. The van der Waals surface area contributed by atoms with E-state index in [0.29, 0.717) is 58.4 Å². The number of benzene rings is 2. The van der Waals surface area contributed by atoms with Gasteiger partial charge in [-0.3, -0.25) is 14.6 Å². The molecule has 0 atom stereocenters. The number of carbonyl (C=O) groups is 2. The van der Waals surface area contributed by atoms with Crippen molar-refractivity contribution in [3.8, 4) is 11.5 Å². The van der Waals surface area contributed by atoms with Crippen molar-refractivity contribution in [3.63, 3.8) is 0 Å². The Morgan fingerprint density at radius 2 is 1.62 bits per heavy atom. The smallest absolute Gasteiger partial charge is 0.257 e. The number of rotatable bonds is 4. The minimum Gasteiger partial charge on any atom is -0.486 e. The fraction of sp³-hybridized carbons (Fsp3) is 0.0870. The van der Waals surface area contributed by atoms with Gasteiger partial charge in [-0.2, -0.15) is 0 Å². The molecule has 2 N–H and O–H groups in total. The minimum absolute atomic E-state index is 0.306. The lowest BCUT2D eigenvalue weighted by Gasteiger charge is -2.19. The molecule has 2 aromatic carbocycles. The quantitative estimate of drug-likeness (QED) is 0.513. The molecule has 5 rings (SSSR count). The highest BCUT2D eigenvalue weighted by atomic mass is 16.6. The predicted octanol–water partition coefficient (Wildman–Crippen LogP) is 3.30. The van der Waals surface area contributed by atoms with Crippen LogP contribution in [0, 0.1) is 0 Å². The van der Waals surface area contributed by atoms with Gasteiger partial charge in [0, 0.05) is 30.3 Å². The number of aromatic nitrogens is 3. The van der Waals surface area contributed by atoms with Crippen molar-refractivity contribution in [2.24, 2.45) is 0 Å². The molecule has 32 heavy (non-hydrogen) atoms. The molecule has 0 radical (unpaired) electrons. The summed E-state index contributed by atoms with van der Waals surface area (Å²) in [5.41, 5.74) is 2.49. The molecule has 0 spiro atoms. The Hall–Kier alpha value is -4.53. The van der Waals surface area contributed by atoms with E-state index in [1.807, 2.05) is 0 Å². The van der Waals surface area contributed by atoms with Crippen LogP contribution in [0.3, 0.4) is 0 Å². The predicted molar refractivity (Wildman–Crippen MR) is 117 cm³/mol. The molecule has 158 valence electrons. The lowest BCUT2D eigenvalue weighted by Crippen LogP contribution is -2.19. The summed E-state index contributed by atoms with van der Waals surface area (Å²) in [6, 6.07) is 13.5. The Balaban J connectivity index is 1.36. The molecule has 9 nitrogen and oxygen atoms in total. The van der Waals surface area contributed by atoms with E-state index in [2.05, 4.69) is 25.6 Å². The third-order valence-electron chi connectivity index (χ3n) is 4.81. The third-order valence-corrected chi connectivity index (χ3v) is 4.81. The maximum Gasteiger partial charge on any atom is 0.257 e. The van der Waals surface area contributed by atoms with Crippen molar-refractivity contribution >= 4 is 34.4 Å². The number of ether oxygens (including phenoxy) is 2. The molecular formula is C23H17N5O4. The van der Waals surface area contributed by atoms with Crippen LogP contribution >= 0.6 is 0 Å². The number of fused-ring (bicyclic) bond motifs is 2. The molecule has 0 fully saturated rings. The largest absolute Gasteiger partial charge is 0.486 e. The highest BCUT2D eigenvalue weighted by Crippen LogP contribution is 2.33. The van der Waals surface area contributed by atoms with Gasteiger partial charge in [-0.05, 0) is 30.3 Å². The number of pyridine rings is 1. The standard InChI is InChI=1S/C23H17N5O4/c29-22(14-11-18-21(26-13-14)25-8-7-24-18)28-17-4-2-1-3-16(17)23(30)27-15-5-6-19-20(12-15)32-10-9-31-19/h1-8,11-13H,9-10H2,(H,27,30)(H,28,29). The first-order valence-corrected chi connectivity index (χ1v) is 9.85. The molecule has 0 saturated heterocycles. The summed E-state index contributed by atoms with van der Waals surface area (Å²) in [4.78, 5) is 38.1. The minimum atomic E-state index is -0.412. The summed E-state index contributed by atoms with van der Waals surface area (Å²) in [6.45, 7) is 0.944. The van der Waals surface area contributed by atoms with Crippen molar-refractivity contribution in [1.29, 1.82) is 0 Å². The van der Waals surface area contributed by atoms with E-state index in [-0.39, 0.29) is 5.91 Å². The number of carbonyl (C=O) groups excluding carboxylic acids is 2. The molecule has 1 aliphatic heterocycles. The zero-order valence-corrected chi connectivity index (χ0v) is 16.7. The van der Waals surface area contributed by atoms with Gasteiger partial charge in [0.2, 0.25) is 0 Å². The van der Waals surface area contributed by atoms with Crippen molar-refractivity contribution in [2.45, 2.75) is 0 Å². The molecule has 2 aromatic heterocycles. The number of anilines is 2. The monoisotopic (exact) mass is 427 g/mol. The van der Waals surface area contributed by atoms with Crippen LogP contribution in [0.25, 0.3) is 11.2 Å². The van der Waals surface area contributed by atoms with Gasteiger partial charge in [0.15, 0.2) is 17.1 Å². The topological polar surface area (TPSA) is 115 Å². The third kappa shape index (κ3) is 3.91. The zero-order chi connectivity index (χ0) is 21.9. The summed E-state index contributed by atoms with van der Waals surface area (Å²) < 4.78 is 11.1. The van der Waals surface area contributed by atoms with Gasteiger partial charge in [0.1, 0.15) is 18.7 Å². The zero-order valence-electron chi connectivity index (χ0n) is 16.7. The maximum atomic E-state index is 12.9. The summed E-state index contributed by atoms with van der Waals surface area (Å²) in [5, 5.41) is 5.61. The molecule has 0 saturated carbocycles. The molecule has 3 heterocycles. The van der Waals surface area contributed by atoms with E-state index in [9.17, 15) is 9.59 Å². The van der Waals surface area contributed by atoms with Crippen LogP contribution in [0.1, 0.15) is 20.7 Å². The Morgan fingerprint density at radius 3 is 2.53 bits per heavy atom. The van der Waals surface area contributed by atoms with E-state index in [0.717, 1.165) is 0 Å². The van der Waals surface area contributed by atoms with Gasteiger partial charge in [-0.1, -0.05) is 12.1 Å². The van der Waals surface area contributed by atoms with Crippen molar-refractivity contribution in [2.75, 3.05) is 23.8 Å². The molecule has 2 amide bonds. The Labute approximate surface area is 182 Å². The molecule has 0 bridgehead atoms. The van der Waals surface area contributed by atoms with Crippen LogP contribution in [-0.2, 0) is 0 Å². The number of nitrogens with one attached hydrogen (secondary N) is 2. The number of nitrogens with zero attached hydrogens (tertiary/aromatic N) is 3. The SMILES string of the molecule is O=C(Nc1ccccc1C(=O)Nc1ccc2c(c1)OCCO2)c1cnc2nccnc2c1. The average Bonchev–Trinajstić information content (AvgIpc) is 2.84. The molecule has 0 unspecified atom stereocenters. The van der Waals surface area contributed by atoms with Crippen LogP contribution in [-0.4, -0.2) is 40.0 Å². The van der Waals surface area contributed by atoms with Crippen molar-refractivity contribution < 1.29 is 19.1 Å². The van der Waals surface area contributed by atoms with Gasteiger partial charge < -0.3 is 20.1 Å². The van der Waals surface area contributed by atoms with Crippen LogP contribution < -0.4 is 20.1 Å². The first-order valence-electron chi connectivity index (χ1n) is 9.85. The van der Waals surface area contributed by atoms with Gasteiger partial charge >= 0.3 is 0 Å². The summed E-state index contributed by atoms with van der Waals surface area (Å²) in [6.07, 6.45) is 4.49. The van der Waals surface area contributed by atoms with Crippen molar-refractivity contribution in [1.82, 2.24) is 15.0 Å². The molecular weight excluding hydrogens is 410 g/mol. The molecule has 1 aliphatic rings. The van der Waals surface area contributed by atoms with Crippen LogP contribution in [0.15, 0.2) is 67.1 Å². The highest BCUT2D eigenvalue weighted by molar-refractivity contribution is 6.12. The summed E-state index contributed by atoms with van der Waals surface area (Å²) in [7, 11) is 0. The highest BCUT2D eigenvalue weighted by Gasteiger charge is 2.17. The van der Waals surface area contributed by atoms with E-state index in [1.165, 1.54) is 18.6 Å². The Bertz CT molecular complexity index is 1340. The Morgan fingerprint density at radius 1 is 0.812 bits per heavy atom. The fourth-order valence-electron chi connectivity index (χ4n) is 3.29. The lowest BCUT2D eigenvalue weighted by atomic mass is 10.1.